The van der Waals surface area contributed by atoms with Crippen LogP contribution in [0.25, 0.3) is 5.82 Å². The van der Waals surface area contributed by atoms with E-state index in [4.69, 9.17) is 23.2 Å². The van der Waals surface area contributed by atoms with Gasteiger partial charge in [-0.05, 0) is 24.1 Å². The SMILES string of the molecule is CC(C)c1ccn(-c2ccc(Cl)c(CCl)n2)n1. The minimum Gasteiger partial charge on any atom is -0.231 e. The molecule has 2 aromatic heterocycles. The summed E-state index contributed by atoms with van der Waals surface area (Å²) in [5, 5.41) is 5.04. The monoisotopic (exact) mass is 269 g/mol. The van der Waals surface area contributed by atoms with Gasteiger partial charge in [0, 0.05) is 6.20 Å². The molecule has 5 heteroatoms. The van der Waals surface area contributed by atoms with E-state index in [2.05, 4.69) is 23.9 Å². The molecule has 2 heterocycles. The number of hydrogen-bond acceptors (Lipinski definition) is 2. The van der Waals surface area contributed by atoms with Crippen molar-refractivity contribution in [3.8, 4) is 5.82 Å². The molecule has 0 radical (unpaired) electrons. The average Bonchev–Trinajstić information content (AvgIpc) is 2.79. The molecular weight excluding hydrogens is 257 g/mol. The van der Waals surface area contributed by atoms with Crippen molar-refractivity contribution in [3.05, 3.63) is 40.8 Å². The molecular formula is C12H13Cl2N3. The highest BCUT2D eigenvalue weighted by Gasteiger charge is 2.07. The minimum absolute atomic E-state index is 0.297. The Morgan fingerprint density at radius 1 is 1.29 bits per heavy atom. The van der Waals surface area contributed by atoms with Crippen LogP contribution in [0.15, 0.2) is 24.4 Å². The molecule has 0 aliphatic rings. The van der Waals surface area contributed by atoms with E-state index in [0.717, 1.165) is 11.5 Å². The molecule has 2 aromatic rings. The van der Waals surface area contributed by atoms with Crippen LogP contribution in [-0.2, 0) is 5.88 Å². The largest absolute Gasteiger partial charge is 0.231 e. The summed E-state index contributed by atoms with van der Waals surface area (Å²) >= 11 is 11.7. The van der Waals surface area contributed by atoms with Gasteiger partial charge >= 0.3 is 0 Å². The first kappa shape index (κ1) is 12.4. The Hall–Kier alpha value is -1.06. The van der Waals surface area contributed by atoms with Crippen molar-refractivity contribution in [2.24, 2.45) is 0 Å². The van der Waals surface area contributed by atoms with E-state index in [0.29, 0.717) is 22.5 Å². The van der Waals surface area contributed by atoms with Gasteiger partial charge in [-0.15, -0.1) is 11.6 Å². The topological polar surface area (TPSA) is 30.7 Å². The van der Waals surface area contributed by atoms with Crippen LogP contribution in [0.4, 0.5) is 0 Å². The van der Waals surface area contributed by atoms with Crippen molar-refractivity contribution in [2.75, 3.05) is 0 Å². The molecule has 0 amide bonds. The number of alkyl halides is 1. The van der Waals surface area contributed by atoms with Crippen LogP contribution in [0.5, 0.6) is 0 Å². The lowest BCUT2D eigenvalue weighted by Gasteiger charge is -2.04. The van der Waals surface area contributed by atoms with Gasteiger partial charge in [-0.1, -0.05) is 25.4 Å². The molecule has 0 fully saturated rings. The number of nitrogens with zero attached hydrogens (tertiary/aromatic N) is 3. The summed E-state index contributed by atoms with van der Waals surface area (Å²) in [6, 6.07) is 5.61. The molecule has 0 aliphatic heterocycles. The minimum atomic E-state index is 0.297. The van der Waals surface area contributed by atoms with Crippen molar-refractivity contribution in [3.63, 3.8) is 0 Å². The average molecular weight is 270 g/mol. The van der Waals surface area contributed by atoms with Crippen molar-refractivity contribution in [2.45, 2.75) is 25.6 Å². The maximum absolute atomic E-state index is 5.96. The van der Waals surface area contributed by atoms with Gasteiger partial charge in [0.2, 0.25) is 0 Å². The number of halogens is 2. The lowest BCUT2D eigenvalue weighted by molar-refractivity contribution is 0.756. The Morgan fingerprint density at radius 2 is 2.06 bits per heavy atom. The molecule has 0 atom stereocenters. The lowest BCUT2D eigenvalue weighted by Crippen LogP contribution is -2.01. The fraction of sp³-hybridized carbons (Fsp3) is 0.333. The lowest BCUT2D eigenvalue weighted by atomic mass is 10.1. The highest BCUT2D eigenvalue weighted by molar-refractivity contribution is 6.32. The molecule has 0 N–H and O–H groups in total. The molecule has 2 rings (SSSR count). The Balaban J connectivity index is 2.38. The Bertz CT molecular complexity index is 520. The molecule has 0 aromatic carbocycles. The summed E-state index contributed by atoms with van der Waals surface area (Å²) in [6.45, 7) is 4.21. The predicted molar refractivity (Wildman–Crippen MR) is 70.0 cm³/mol. The Labute approximate surface area is 110 Å². The summed E-state index contributed by atoms with van der Waals surface area (Å²) in [4.78, 5) is 4.37. The number of hydrogen-bond donors (Lipinski definition) is 0. The fourth-order valence-electron chi connectivity index (χ4n) is 1.47. The molecule has 0 saturated carbocycles. The number of rotatable bonds is 3. The predicted octanol–water partition coefficient (Wildman–Crippen LogP) is 3.78. The molecule has 0 bridgehead atoms. The zero-order chi connectivity index (χ0) is 12.4. The van der Waals surface area contributed by atoms with E-state index in [-0.39, 0.29) is 0 Å². The summed E-state index contributed by atoms with van der Waals surface area (Å²) < 4.78 is 1.74. The second kappa shape index (κ2) is 5.07. The third-order valence-corrected chi connectivity index (χ3v) is 3.06. The normalized spacial score (nSPS) is 11.1. The zero-order valence-corrected chi connectivity index (χ0v) is 11.2. The van der Waals surface area contributed by atoms with Crippen molar-refractivity contribution in [1.82, 2.24) is 14.8 Å². The summed E-state index contributed by atoms with van der Waals surface area (Å²) in [5.41, 5.74) is 1.71. The van der Waals surface area contributed by atoms with Crippen molar-refractivity contribution in [1.29, 1.82) is 0 Å². The first-order valence-electron chi connectivity index (χ1n) is 5.39. The van der Waals surface area contributed by atoms with Gasteiger partial charge < -0.3 is 0 Å². The summed E-state index contributed by atoms with van der Waals surface area (Å²) in [6.07, 6.45) is 1.89. The van der Waals surface area contributed by atoms with Gasteiger partial charge in [-0.3, -0.25) is 0 Å². The van der Waals surface area contributed by atoms with E-state index in [1.54, 1.807) is 10.7 Å². The van der Waals surface area contributed by atoms with Crippen LogP contribution in [0.3, 0.4) is 0 Å². The zero-order valence-electron chi connectivity index (χ0n) is 9.69. The van der Waals surface area contributed by atoms with E-state index in [1.807, 2.05) is 18.3 Å². The van der Waals surface area contributed by atoms with E-state index in [9.17, 15) is 0 Å². The molecule has 90 valence electrons. The molecule has 0 aliphatic carbocycles. The maximum Gasteiger partial charge on any atom is 0.153 e. The summed E-state index contributed by atoms with van der Waals surface area (Å²) in [7, 11) is 0. The smallest absolute Gasteiger partial charge is 0.153 e. The van der Waals surface area contributed by atoms with E-state index < -0.39 is 0 Å². The van der Waals surface area contributed by atoms with Gasteiger partial charge in [-0.2, -0.15) is 5.10 Å². The molecule has 0 unspecified atom stereocenters. The second-order valence-electron chi connectivity index (χ2n) is 4.07. The van der Waals surface area contributed by atoms with Crippen LogP contribution in [-0.4, -0.2) is 14.8 Å². The molecule has 0 spiro atoms. The van der Waals surface area contributed by atoms with Gasteiger partial charge in [-0.25, -0.2) is 9.67 Å². The number of pyridine rings is 1. The number of aromatic nitrogens is 3. The van der Waals surface area contributed by atoms with E-state index >= 15 is 0 Å². The van der Waals surface area contributed by atoms with Gasteiger partial charge in [0.05, 0.1) is 22.3 Å². The highest BCUT2D eigenvalue weighted by Crippen LogP contribution is 2.18. The van der Waals surface area contributed by atoms with Gasteiger partial charge in [0.25, 0.3) is 0 Å². The fourth-order valence-corrected chi connectivity index (χ4v) is 1.91. The van der Waals surface area contributed by atoms with Crippen LogP contribution in [0, 0.1) is 0 Å². The van der Waals surface area contributed by atoms with E-state index in [1.165, 1.54) is 0 Å². The Morgan fingerprint density at radius 3 is 2.65 bits per heavy atom. The van der Waals surface area contributed by atoms with Crippen LogP contribution in [0.1, 0.15) is 31.2 Å². The summed E-state index contributed by atoms with van der Waals surface area (Å²) in [5.74, 6) is 1.43. The first-order chi connectivity index (χ1) is 8.11. The molecule has 17 heavy (non-hydrogen) atoms. The maximum atomic E-state index is 5.96. The van der Waals surface area contributed by atoms with Crippen molar-refractivity contribution >= 4 is 23.2 Å². The molecule has 3 nitrogen and oxygen atoms in total. The quantitative estimate of drug-likeness (QED) is 0.794. The van der Waals surface area contributed by atoms with Gasteiger partial charge in [0.1, 0.15) is 0 Å². The van der Waals surface area contributed by atoms with Crippen LogP contribution in [0.2, 0.25) is 5.02 Å². The highest BCUT2D eigenvalue weighted by atomic mass is 35.5. The second-order valence-corrected chi connectivity index (χ2v) is 4.75. The first-order valence-corrected chi connectivity index (χ1v) is 6.30. The van der Waals surface area contributed by atoms with Crippen LogP contribution >= 0.6 is 23.2 Å². The molecule has 0 saturated heterocycles. The Kier molecular flexibility index (Phi) is 3.69. The third-order valence-electron chi connectivity index (χ3n) is 2.47. The third kappa shape index (κ3) is 2.61. The van der Waals surface area contributed by atoms with Crippen molar-refractivity contribution < 1.29 is 0 Å². The van der Waals surface area contributed by atoms with Gasteiger partial charge in [0.15, 0.2) is 5.82 Å². The van der Waals surface area contributed by atoms with Crippen LogP contribution < -0.4 is 0 Å². The standard InChI is InChI=1S/C12H13Cl2N3/c1-8(2)10-5-6-17(16-10)12-4-3-9(14)11(7-13)15-12/h3-6,8H,7H2,1-2H3.